The Hall–Kier alpha value is -2.11. The Kier molecular flexibility index (Phi) is 4.86. The minimum Gasteiger partial charge on any atom is -0.409 e. The number of nitrogens with one attached hydrogen (secondary N) is 1. The number of rotatable bonds is 5. The van der Waals surface area contributed by atoms with Gasteiger partial charge in [-0.15, -0.1) is 0 Å². The molecule has 0 aromatic heterocycles. The van der Waals surface area contributed by atoms with Gasteiger partial charge in [-0.1, -0.05) is 24.2 Å². The average Bonchev–Trinajstić information content (AvgIpc) is 2.40. The van der Waals surface area contributed by atoms with E-state index in [0.29, 0.717) is 12.0 Å². The number of carbonyl (C=O) groups excluding carboxylic acids is 1. The second-order valence-corrected chi connectivity index (χ2v) is 4.52. The van der Waals surface area contributed by atoms with Crippen LogP contribution in [0.15, 0.2) is 29.4 Å². The standard InChI is InChI=1S/C13H18FN3O2/c1-3-13(2,12(15)17-19)16-11(18)8-9-4-6-10(14)7-5-9/h4-7,19H,3,8H2,1-2H3,(H2,15,17)(H,16,18). The molecule has 5 nitrogen and oxygen atoms in total. The van der Waals surface area contributed by atoms with Gasteiger partial charge in [0.25, 0.3) is 0 Å². The summed E-state index contributed by atoms with van der Waals surface area (Å²) in [7, 11) is 0. The molecule has 0 saturated carbocycles. The normalized spacial score (nSPS) is 14.8. The molecule has 1 amide bonds. The number of amidine groups is 1. The first-order valence-corrected chi connectivity index (χ1v) is 5.94. The van der Waals surface area contributed by atoms with Crippen LogP contribution in [0.25, 0.3) is 0 Å². The molecule has 1 aromatic carbocycles. The van der Waals surface area contributed by atoms with Crippen molar-refractivity contribution in [2.75, 3.05) is 0 Å². The van der Waals surface area contributed by atoms with Crippen molar-refractivity contribution in [2.45, 2.75) is 32.2 Å². The van der Waals surface area contributed by atoms with Gasteiger partial charge in [0.05, 0.1) is 12.0 Å². The molecule has 6 heteroatoms. The summed E-state index contributed by atoms with van der Waals surface area (Å²) in [5, 5.41) is 14.3. The number of amides is 1. The van der Waals surface area contributed by atoms with Gasteiger partial charge in [0.2, 0.25) is 5.91 Å². The van der Waals surface area contributed by atoms with Gasteiger partial charge in [0.1, 0.15) is 5.82 Å². The van der Waals surface area contributed by atoms with Gasteiger partial charge in [0, 0.05) is 0 Å². The lowest BCUT2D eigenvalue weighted by Crippen LogP contribution is -2.55. The molecular weight excluding hydrogens is 249 g/mol. The number of benzene rings is 1. The molecular formula is C13H18FN3O2. The SMILES string of the molecule is CCC(C)(NC(=O)Cc1ccc(F)cc1)/C(N)=N/O. The van der Waals surface area contributed by atoms with Crippen molar-refractivity contribution >= 4 is 11.7 Å². The highest BCUT2D eigenvalue weighted by atomic mass is 19.1. The minimum absolute atomic E-state index is 0.0533. The van der Waals surface area contributed by atoms with E-state index in [2.05, 4.69) is 10.5 Å². The summed E-state index contributed by atoms with van der Waals surface area (Å²) in [4.78, 5) is 11.9. The van der Waals surface area contributed by atoms with Gasteiger partial charge in [-0.25, -0.2) is 4.39 Å². The highest BCUT2D eigenvalue weighted by Crippen LogP contribution is 2.10. The summed E-state index contributed by atoms with van der Waals surface area (Å²) in [5.74, 6) is -0.677. The lowest BCUT2D eigenvalue weighted by Gasteiger charge is -2.28. The maximum atomic E-state index is 12.7. The first-order chi connectivity index (χ1) is 8.91. The third-order valence-corrected chi connectivity index (χ3v) is 3.07. The Morgan fingerprint density at radius 3 is 2.53 bits per heavy atom. The van der Waals surface area contributed by atoms with Crippen LogP contribution in [0.1, 0.15) is 25.8 Å². The van der Waals surface area contributed by atoms with Crippen LogP contribution in [-0.2, 0) is 11.2 Å². The van der Waals surface area contributed by atoms with E-state index in [9.17, 15) is 9.18 Å². The maximum Gasteiger partial charge on any atom is 0.225 e. The van der Waals surface area contributed by atoms with Crippen LogP contribution in [0.4, 0.5) is 4.39 Å². The number of halogens is 1. The Bertz CT molecular complexity index is 473. The maximum absolute atomic E-state index is 12.7. The zero-order valence-corrected chi connectivity index (χ0v) is 11.0. The highest BCUT2D eigenvalue weighted by Gasteiger charge is 2.29. The number of hydrogen-bond acceptors (Lipinski definition) is 3. The Morgan fingerprint density at radius 2 is 2.05 bits per heavy atom. The summed E-state index contributed by atoms with van der Waals surface area (Å²) in [6.07, 6.45) is 0.590. The fraction of sp³-hybridized carbons (Fsp3) is 0.385. The summed E-state index contributed by atoms with van der Waals surface area (Å²) in [6, 6.07) is 5.68. The predicted octanol–water partition coefficient (Wildman–Crippen LogP) is 1.40. The van der Waals surface area contributed by atoms with Crippen LogP contribution in [0.2, 0.25) is 0 Å². The van der Waals surface area contributed by atoms with E-state index in [0.717, 1.165) is 0 Å². The molecule has 4 N–H and O–H groups in total. The zero-order chi connectivity index (χ0) is 14.5. The Balaban J connectivity index is 2.71. The molecule has 0 fully saturated rings. The van der Waals surface area contributed by atoms with E-state index in [1.54, 1.807) is 19.1 Å². The van der Waals surface area contributed by atoms with Crippen molar-refractivity contribution < 1.29 is 14.4 Å². The summed E-state index contributed by atoms with van der Waals surface area (Å²) in [5.41, 5.74) is 5.35. The molecule has 0 heterocycles. The Labute approximate surface area is 111 Å². The van der Waals surface area contributed by atoms with Gasteiger partial charge in [-0.3, -0.25) is 4.79 Å². The van der Waals surface area contributed by atoms with Crippen LogP contribution >= 0.6 is 0 Å². The predicted molar refractivity (Wildman–Crippen MR) is 70.4 cm³/mol. The van der Waals surface area contributed by atoms with Gasteiger partial charge in [0.15, 0.2) is 5.84 Å². The van der Waals surface area contributed by atoms with Crippen LogP contribution in [0.5, 0.6) is 0 Å². The molecule has 0 saturated heterocycles. The lowest BCUT2D eigenvalue weighted by atomic mass is 9.97. The van der Waals surface area contributed by atoms with Gasteiger partial charge < -0.3 is 16.3 Å². The number of hydrogen-bond donors (Lipinski definition) is 3. The van der Waals surface area contributed by atoms with E-state index in [1.165, 1.54) is 12.1 Å². The number of nitrogens with zero attached hydrogens (tertiary/aromatic N) is 1. The first-order valence-electron chi connectivity index (χ1n) is 5.94. The van der Waals surface area contributed by atoms with Crippen LogP contribution in [0.3, 0.4) is 0 Å². The van der Waals surface area contributed by atoms with E-state index < -0.39 is 5.54 Å². The van der Waals surface area contributed by atoms with Crippen molar-refractivity contribution in [3.8, 4) is 0 Å². The number of oxime groups is 1. The van der Waals surface area contributed by atoms with Gasteiger partial charge >= 0.3 is 0 Å². The molecule has 0 aliphatic rings. The molecule has 0 bridgehead atoms. The molecule has 0 aliphatic heterocycles. The van der Waals surface area contributed by atoms with E-state index >= 15 is 0 Å². The van der Waals surface area contributed by atoms with Crippen molar-refractivity contribution in [1.82, 2.24) is 5.32 Å². The third kappa shape index (κ3) is 3.94. The van der Waals surface area contributed by atoms with Crippen LogP contribution in [0, 0.1) is 5.82 Å². The van der Waals surface area contributed by atoms with E-state index in [4.69, 9.17) is 10.9 Å². The second kappa shape index (κ2) is 6.17. The molecule has 0 radical (unpaired) electrons. The zero-order valence-electron chi connectivity index (χ0n) is 11.0. The second-order valence-electron chi connectivity index (χ2n) is 4.52. The van der Waals surface area contributed by atoms with Crippen LogP contribution in [-0.4, -0.2) is 22.5 Å². The number of carbonyl (C=O) groups is 1. The lowest BCUT2D eigenvalue weighted by molar-refractivity contribution is -0.121. The molecule has 104 valence electrons. The van der Waals surface area contributed by atoms with Crippen LogP contribution < -0.4 is 11.1 Å². The number of nitrogens with two attached hydrogens (primary N) is 1. The fourth-order valence-electron chi connectivity index (χ4n) is 1.58. The summed E-state index contributed by atoms with van der Waals surface area (Å²) in [6.45, 7) is 3.49. The van der Waals surface area contributed by atoms with Crippen molar-refractivity contribution in [3.05, 3.63) is 35.6 Å². The largest absolute Gasteiger partial charge is 0.409 e. The highest BCUT2D eigenvalue weighted by molar-refractivity contribution is 5.93. The molecule has 0 spiro atoms. The smallest absolute Gasteiger partial charge is 0.225 e. The van der Waals surface area contributed by atoms with E-state index in [1.807, 2.05) is 6.92 Å². The molecule has 1 rings (SSSR count). The molecule has 19 heavy (non-hydrogen) atoms. The summed E-state index contributed by atoms with van der Waals surface area (Å²) < 4.78 is 12.7. The monoisotopic (exact) mass is 267 g/mol. The van der Waals surface area contributed by atoms with Crippen molar-refractivity contribution in [3.63, 3.8) is 0 Å². The van der Waals surface area contributed by atoms with Crippen molar-refractivity contribution in [1.29, 1.82) is 0 Å². The Morgan fingerprint density at radius 1 is 1.47 bits per heavy atom. The molecule has 1 unspecified atom stereocenters. The van der Waals surface area contributed by atoms with Gasteiger partial charge in [-0.2, -0.15) is 0 Å². The van der Waals surface area contributed by atoms with E-state index in [-0.39, 0.29) is 24.0 Å². The minimum atomic E-state index is -0.897. The van der Waals surface area contributed by atoms with Crippen molar-refractivity contribution in [2.24, 2.45) is 10.9 Å². The molecule has 0 aliphatic carbocycles. The molecule has 1 atom stereocenters. The first kappa shape index (κ1) is 14.9. The fourth-order valence-corrected chi connectivity index (χ4v) is 1.58. The molecule has 1 aromatic rings. The van der Waals surface area contributed by atoms with Gasteiger partial charge in [-0.05, 0) is 31.0 Å². The quantitative estimate of drug-likeness (QED) is 0.326. The average molecular weight is 267 g/mol. The summed E-state index contributed by atoms with van der Waals surface area (Å²) >= 11 is 0. The topological polar surface area (TPSA) is 87.7 Å². The third-order valence-electron chi connectivity index (χ3n) is 3.07.